The molecule has 0 aliphatic heterocycles. The van der Waals surface area contributed by atoms with Gasteiger partial charge < -0.3 is 24.7 Å². The van der Waals surface area contributed by atoms with Gasteiger partial charge in [0.1, 0.15) is 5.72 Å². The summed E-state index contributed by atoms with van der Waals surface area (Å²) in [5.74, 6) is 0. The van der Waals surface area contributed by atoms with Gasteiger partial charge in [-0.1, -0.05) is 12.8 Å². The van der Waals surface area contributed by atoms with Gasteiger partial charge in [0.2, 0.25) is 0 Å². The highest BCUT2D eigenvalue weighted by molar-refractivity contribution is 6.59. The van der Waals surface area contributed by atoms with Crippen molar-refractivity contribution in [2.24, 2.45) is 11.5 Å². The summed E-state index contributed by atoms with van der Waals surface area (Å²) in [5, 5.41) is 0. The first kappa shape index (κ1) is 19.0. The molecule has 1 atom stereocenters. The van der Waals surface area contributed by atoms with E-state index >= 15 is 0 Å². The van der Waals surface area contributed by atoms with Crippen LogP contribution in [0.4, 0.5) is 0 Å². The van der Waals surface area contributed by atoms with Crippen LogP contribution < -0.4 is 11.5 Å². The molecule has 0 aliphatic carbocycles. The monoisotopic (exact) mass is 292 g/mol. The minimum absolute atomic E-state index is 0.579. The second-order valence-corrected chi connectivity index (χ2v) is 7.60. The Hall–Kier alpha value is 0.0169. The van der Waals surface area contributed by atoms with Gasteiger partial charge in [0.05, 0.1) is 0 Å². The molecule has 0 radical (unpaired) electrons. The minimum Gasteiger partial charge on any atom is -0.374 e. The van der Waals surface area contributed by atoms with Gasteiger partial charge in [0, 0.05) is 19.8 Å². The van der Waals surface area contributed by atoms with E-state index in [4.69, 9.17) is 24.7 Å². The third kappa shape index (κ3) is 9.54. The molecule has 0 rings (SSSR count). The molecule has 5 nitrogen and oxygen atoms in total. The smallest absolute Gasteiger partial charge is 0.374 e. The maximum absolute atomic E-state index is 6.21. The Bertz CT molecular complexity index is 222. The first-order valence-electron chi connectivity index (χ1n) is 7.36. The molecule has 116 valence electrons. The molecule has 6 heteroatoms. The molecule has 0 aromatic carbocycles. The van der Waals surface area contributed by atoms with Crippen LogP contribution in [-0.2, 0) is 13.3 Å². The molecule has 0 saturated carbocycles. The lowest BCUT2D eigenvalue weighted by Gasteiger charge is -2.34. The number of hydrogen-bond donors (Lipinski definition) is 2. The van der Waals surface area contributed by atoms with E-state index in [-0.39, 0.29) is 0 Å². The van der Waals surface area contributed by atoms with Gasteiger partial charge >= 0.3 is 8.80 Å². The van der Waals surface area contributed by atoms with Crippen LogP contribution in [0.1, 0.15) is 52.9 Å². The minimum atomic E-state index is -2.61. The number of rotatable bonds is 12. The quantitative estimate of drug-likeness (QED) is 0.327. The molecular formula is C13H32N2O3Si. The van der Waals surface area contributed by atoms with E-state index in [9.17, 15) is 0 Å². The Morgan fingerprint density at radius 1 is 1.00 bits per heavy atom. The summed E-state index contributed by atoms with van der Waals surface area (Å²) >= 11 is 0. The highest BCUT2D eigenvalue weighted by atomic mass is 28.4. The van der Waals surface area contributed by atoms with Crippen LogP contribution in [0.5, 0.6) is 0 Å². The first-order valence-corrected chi connectivity index (χ1v) is 9.58. The van der Waals surface area contributed by atoms with Crippen molar-refractivity contribution in [3.63, 3.8) is 0 Å². The van der Waals surface area contributed by atoms with E-state index < -0.39 is 14.5 Å². The standard InChI is InChI=1S/C13H32N2O3Si/c1-5-16-19(4,17-6-2)18-13(3,15)11-9-7-8-10-12-14/h5-12,14-15H2,1-4H3. The zero-order valence-corrected chi connectivity index (χ0v) is 14.0. The van der Waals surface area contributed by atoms with Crippen molar-refractivity contribution in [3.8, 4) is 0 Å². The lowest BCUT2D eigenvalue weighted by atomic mass is 10.1. The van der Waals surface area contributed by atoms with E-state index in [1.807, 2.05) is 27.3 Å². The van der Waals surface area contributed by atoms with Gasteiger partial charge in [0.25, 0.3) is 0 Å². The Morgan fingerprint density at radius 2 is 1.53 bits per heavy atom. The van der Waals surface area contributed by atoms with Gasteiger partial charge in [-0.15, -0.1) is 0 Å². The molecule has 0 heterocycles. The fourth-order valence-electron chi connectivity index (χ4n) is 2.07. The molecule has 0 aliphatic rings. The van der Waals surface area contributed by atoms with Crippen LogP contribution in [0.25, 0.3) is 0 Å². The van der Waals surface area contributed by atoms with Crippen molar-refractivity contribution in [3.05, 3.63) is 0 Å². The summed E-state index contributed by atoms with van der Waals surface area (Å²) < 4.78 is 17.3. The first-order chi connectivity index (χ1) is 8.89. The van der Waals surface area contributed by atoms with Crippen molar-refractivity contribution >= 4 is 8.80 Å². The summed E-state index contributed by atoms with van der Waals surface area (Å²) in [6.07, 6.45) is 5.20. The third-order valence-corrected chi connectivity index (χ3v) is 5.32. The van der Waals surface area contributed by atoms with Gasteiger partial charge in [-0.2, -0.15) is 0 Å². The molecule has 4 N–H and O–H groups in total. The Labute approximate surface area is 119 Å². The van der Waals surface area contributed by atoms with Crippen molar-refractivity contribution in [2.45, 2.75) is 65.1 Å². The maximum Gasteiger partial charge on any atom is 0.499 e. The van der Waals surface area contributed by atoms with E-state index in [0.717, 1.165) is 38.6 Å². The molecule has 0 amide bonds. The van der Waals surface area contributed by atoms with E-state index in [1.54, 1.807) is 0 Å². The van der Waals surface area contributed by atoms with Crippen LogP contribution in [0.3, 0.4) is 0 Å². The zero-order valence-electron chi connectivity index (χ0n) is 13.0. The largest absolute Gasteiger partial charge is 0.499 e. The highest BCUT2D eigenvalue weighted by Gasteiger charge is 2.40. The Morgan fingerprint density at radius 3 is 2.00 bits per heavy atom. The topological polar surface area (TPSA) is 79.7 Å². The predicted molar refractivity (Wildman–Crippen MR) is 80.7 cm³/mol. The van der Waals surface area contributed by atoms with Gasteiger partial charge in [-0.05, 0) is 46.6 Å². The highest BCUT2D eigenvalue weighted by Crippen LogP contribution is 2.21. The molecule has 0 aromatic rings. The lowest BCUT2D eigenvalue weighted by Crippen LogP contribution is -2.54. The van der Waals surface area contributed by atoms with E-state index in [1.165, 1.54) is 0 Å². The van der Waals surface area contributed by atoms with Gasteiger partial charge in [-0.3, -0.25) is 0 Å². The van der Waals surface area contributed by atoms with Crippen molar-refractivity contribution in [1.29, 1.82) is 0 Å². The molecule has 0 aromatic heterocycles. The third-order valence-electron chi connectivity index (χ3n) is 2.86. The van der Waals surface area contributed by atoms with Crippen molar-refractivity contribution in [1.82, 2.24) is 0 Å². The van der Waals surface area contributed by atoms with Gasteiger partial charge in [-0.25, -0.2) is 0 Å². The molecule has 0 spiro atoms. The van der Waals surface area contributed by atoms with Crippen LogP contribution in [-0.4, -0.2) is 34.3 Å². The molecule has 19 heavy (non-hydrogen) atoms. The molecule has 0 fully saturated rings. The second-order valence-electron chi connectivity index (χ2n) is 5.10. The normalized spacial score (nSPS) is 15.5. The van der Waals surface area contributed by atoms with E-state index in [0.29, 0.717) is 13.2 Å². The van der Waals surface area contributed by atoms with Crippen LogP contribution in [0.2, 0.25) is 6.55 Å². The summed E-state index contributed by atoms with van der Waals surface area (Å²) in [5.41, 5.74) is 11.0. The van der Waals surface area contributed by atoms with Crippen molar-refractivity contribution in [2.75, 3.05) is 19.8 Å². The second kappa shape index (κ2) is 9.85. The van der Waals surface area contributed by atoms with Crippen LogP contribution in [0.15, 0.2) is 0 Å². The molecule has 0 saturated heterocycles. The summed E-state index contributed by atoms with van der Waals surface area (Å²) in [6.45, 7) is 9.60. The summed E-state index contributed by atoms with van der Waals surface area (Å²) in [7, 11) is -2.61. The van der Waals surface area contributed by atoms with Crippen LogP contribution in [0, 0.1) is 0 Å². The fourth-order valence-corrected chi connectivity index (χ4v) is 4.27. The fraction of sp³-hybridized carbons (Fsp3) is 1.00. The zero-order chi connectivity index (χ0) is 14.8. The number of hydrogen-bond acceptors (Lipinski definition) is 5. The van der Waals surface area contributed by atoms with Gasteiger partial charge in [0.15, 0.2) is 0 Å². The Kier molecular flexibility index (Phi) is 9.86. The summed E-state index contributed by atoms with van der Waals surface area (Å²) in [4.78, 5) is 0. The number of unbranched alkanes of at least 4 members (excludes halogenated alkanes) is 3. The average molecular weight is 292 g/mol. The van der Waals surface area contributed by atoms with Crippen molar-refractivity contribution < 1.29 is 13.3 Å². The molecular weight excluding hydrogens is 260 g/mol. The predicted octanol–water partition coefficient (Wildman–Crippen LogP) is 2.23. The van der Waals surface area contributed by atoms with E-state index in [2.05, 4.69) is 0 Å². The lowest BCUT2D eigenvalue weighted by molar-refractivity contribution is -0.0181. The SMILES string of the molecule is CCO[Si](C)(OCC)OC(C)(N)CCCCCCN. The van der Waals surface area contributed by atoms with Crippen LogP contribution >= 0.6 is 0 Å². The summed E-state index contributed by atoms with van der Waals surface area (Å²) in [6, 6.07) is 0. The molecule has 0 bridgehead atoms. The maximum atomic E-state index is 6.21. The number of nitrogens with two attached hydrogens (primary N) is 2. The average Bonchev–Trinajstić information content (AvgIpc) is 2.28. The molecule has 1 unspecified atom stereocenters. The Balaban J connectivity index is 4.14.